The summed E-state index contributed by atoms with van der Waals surface area (Å²) in [7, 11) is 0. The van der Waals surface area contributed by atoms with Gasteiger partial charge in [0.2, 0.25) is 0 Å². The standard InChI is InChI=1S/C17H19NO4/c1-2-4-15-14(8-10-22-15)16(19)18-9-7-12-5-3-6-13(11-12)17(20)21/h3,5-6,8,10-11H,2,4,7,9H2,1H3,(H,18,19)(H,20,21). The minimum Gasteiger partial charge on any atom is -0.478 e. The van der Waals surface area contributed by atoms with Crippen LogP contribution in [0.15, 0.2) is 41.0 Å². The van der Waals surface area contributed by atoms with Gasteiger partial charge >= 0.3 is 5.97 Å². The van der Waals surface area contributed by atoms with Crippen LogP contribution in [-0.4, -0.2) is 23.5 Å². The van der Waals surface area contributed by atoms with Crippen LogP contribution < -0.4 is 5.32 Å². The third-order valence-corrected chi connectivity index (χ3v) is 3.34. The molecule has 0 radical (unpaired) electrons. The number of hydrogen-bond donors (Lipinski definition) is 2. The molecule has 2 N–H and O–H groups in total. The van der Waals surface area contributed by atoms with Crippen LogP contribution in [0.5, 0.6) is 0 Å². The lowest BCUT2D eigenvalue weighted by molar-refractivity contribution is 0.0696. The average Bonchev–Trinajstić information content (AvgIpc) is 2.96. The van der Waals surface area contributed by atoms with Gasteiger partial charge in [-0.2, -0.15) is 0 Å². The summed E-state index contributed by atoms with van der Waals surface area (Å²) in [6.45, 7) is 2.47. The third kappa shape index (κ3) is 3.97. The van der Waals surface area contributed by atoms with Crippen molar-refractivity contribution >= 4 is 11.9 Å². The molecule has 116 valence electrons. The molecule has 22 heavy (non-hydrogen) atoms. The lowest BCUT2D eigenvalue weighted by Gasteiger charge is -2.06. The fourth-order valence-corrected chi connectivity index (χ4v) is 2.24. The Morgan fingerprint density at radius 2 is 2.05 bits per heavy atom. The molecule has 0 aliphatic carbocycles. The summed E-state index contributed by atoms with van der Waals surface area (Å²) in [6, 6.07) is 8.39. The molecule has 0 aliphatic rings. The number of aromatic carboxylic acids is 1. The zero-order valence-electron chi connectivity index (χ0n) is 12.5. The molecule has 0 fully saturated rings. The fourth-order valence-electron chi connectivity index (χ4n) is 2.24. The Balaban J connectivity index is 1.90. The molecule has 0 aliphatic heterocycles. The van der Waals surface area contributed by atoms with Gasteiger partial charge in [0.25, 0.3) is 5.91 Å². The monoisotopic (exact) mass is 301 g/mol. The Bertz CT molecular complexity index is 660. The van der Waals surface area contributed by atoms with Crippen LogP contribution in [-0.2, 0) is 12.8 Å². The van der Waals surface area contributed by atoms with E-state index in [1.807, 2.05) is 13.0 Å². The Morgan fingerprint density at radius 1 is 1.23 bits per heavy atom. The summed E-state index contributed by atoms with van der Waals surface area (Å²) in [4.78, 5) is 23.0. The highest BCUT2D eigenvalue weighted by Crippen LogP contribution is 2.12. The Hall–Kier alpha value is -2.56. The van der Waals surface area contributed by atoms with Gasteiger partial charge in [0.15, 0.2) is 0 Å². The van der Waals surface area contributed by atoms with Crippen molar-refractivity contribution < 1.29 is 19.1 Å². The fraction of sp³-hybridized carbons (Fsp3) is 0.294. The summed E-state index contributed by atoms with van der Waals surface area (Å²) in [5.74, 6) is -0.409. The quantitative estimate of drug-likeness (QED) is 0.824. The van der Waals surface area contributed by atoms with Gasteiger partial charge in [0.1, 0.15) is 5.76 Å². The zero-order chi connectivity index (χ0) is 15.9. The first-order valence-electron chi connectivity index (χ1n) is 7.28. The molecule has 0 saturated heterocycles. The first-order chi connectivity index (χ1) is 10.6. The van der Waals surface area contributed by atoms with Gasteiger partial charge in [-0.1, -0.05) is 19.1 Å². The molecule has 5 heteroatoms. The second kappa shape index (κ2) is 7.45. The van der Waals surface area contributed by atoms with E-state index in [1.165, 1.54) is 6.26 Å². The number of hydrogen-bond acceptors (Lipinski definition) is 3. The van der Waals surface area contributed by atoms with Gasteiger partial charge in [-0.15, -0.1) is 0 Å². The van der Waals surface area contributed by atoms with E-state index in [4.69, 9.17) is 9.52 Å². The van der Waals surface area contributed by atoms with Crippen molar-refractivity contribution in [3.05, 3.63) is 59.0 Å². The van der Waals surface area contributed by atoms with Gasteiger partial charge in [-0.3, -0.25) is 4.79 Å². The van der Waals surface area contributed by atoms with Crippen LogP contribution >= 0.6 is 0 Å². The predicted octanol–water partition coefficient (Wildman–Crippen LogP) is 2.90. The number of carbonyl (C=O) groups excluding carboxylic acids is 1. The molecule has 1 heterocycles. The molecule has 0 spiro atoms. The van der Waals surface area contributed by atoms with E-state index >= 15 is 0 Å². The highest BCUT2D eigenvalue weighted by molar-refractivity contribution is 5.95. The van der Waals surface area contributed by atoms with E-state index < -0.39 is 5.97 Å². The molecule has 2 rings (SSSR count). The number of carboxylic acids is 1. The van der Waals surface area contributed by atoms with Crippen molar-refractivity contribution in [2.24, 2.45) is 0 Å². The van der Waals surface area contributed by atoms with Crippen LogP contribution in [0.1, 0.15) is 45.4 Å². The average molecular weight is 301 g/mol. The SMILES string of the molecule is CCCc1occc1C(=O)NCCc1cccc(C(=O)O)c1. The number of rotatable bonds is 7. The van der Waals surface area contributed by atoms with E-state index in [-0.39, 0.29) is 11.5 Å². The van der Waals surface area contributed by atoms with Crippen molar-refractivity contribution in [2.75, 3.05) is 6.54 Å². The van der Waals surface area contributed by atoms with Crippen LogP contribution in [0.2, 0.25) is 0 Å². The normalized spacial score (nSPS) is 10.4. The van der Waals surface area contributed by atoms with Crippen LogP contribution in [0.4, 0.5) is 0 Å². The minimum absolute atomic E-state index is 0.161. The van der Waals surface area contributed by atoms with Gasteiger partial charge in [0, 0.05) is 13.0 Å². The molecule has 5 nitrogen and oxygen atoms in total. The summed E-state index contributed by atoms with van der Waals surface area (Å²) in [5.41, 5.74) is 1.70. The summed E-state index contributed by atoms with van der Waals surface area (Å²) in [6.07, 6.45) is 3.75. The van der Waals surface area contributed by atoms with Gasteiger partial charge in [-0.05, 0) is 36.6 Å². The van der Waals surface area contributed by atoms with Gasteiger partial charge in [0.05, 0.1) is 17.4 Å². The highest BCUT2D eigenvalue weighted by atomic mass is 16.4. The predicted molar refractivity (Wildman–Crippen MR) is 82.1 cm³/mol. The molecular weight excluding hydrogens is 282 g/mol. The number of aryl methyl sites for hydroxylation is 1. The Morgan fingerprint density at radius 3 is 2.77 bits per heavy atom. The Labute approximate surface area is 129 Å². The van der Waals surface area contributed by atoms with Crippen LogP contribution in [0.3, 0.4) is 0 Å². The zero-order valence-corrected chi connectivity index (χ0v) is 12.5. The minimum atomic E-state index is -0.950. The number of benzene rings is 1. The molecule has 0 saturated carbocycles. The van der Waals surface area contributed by atoms with Gasteiger partial charge in [-0.25, -0.2) is 4.79 Å². The second-order valence-corrected chi connectivity index (χ2v) is 5.02. The van der Waals surface area contributed by atoms with Crippen LogP contribution in [0, 0.1) is 0 Å². The summed E-state index contributed by atoms with van der Waals surface area (Å²) in [5, 5.41) is 11.8. The Kier molecular flexibility index (Phi) is 5.36. The lowest BCUT2D eigenvalue weighted by Crippen LogP contribution is -2.26. The maximum Gasteiger partial charge on any atom is 0.335 e. The molecule has 1 amide bonds. The highest BCUT2D eigenvalue weighted by Gasteiger charge is 2.13. The molecule has 1 aromatic heterocycles. The lowest BCUT2D eigenvalue weighted by atomic mass is 10.1. The van der Waals surface area contributed by atoms with Crippen molar-refractivity contribution in [3.63, 3.8) is 0 Å². The summed E-state index contributed by atoms with van der Waals surface area (Å²) < 4.78 is 5.31. The largest absolute Gasteiger partial charge is 0.478 e. The number of nitrogens with one attached hydrogen (secondary N) is 1. The number of carboxylic acid groups (broad SMARTS) is 1. The van der Waals surface area contributed by atoms with Gasteiger partial charge < -0.3 is 14.8 Å². The molecule has 0 bridgehead atoms. The molecular formula is C17H19NO4. The summed E-state index contributed by atoms with van der Waals surface area (Å²) >= 11 is 0. The molecule has 0 atom stereocenters. The van der Waals surface area contributed by atoms with Crippen molar-refractivity contribution in [2.45, 2.75) is 26.2 Å². The molecule has 2 aromatic rings. The van der Waals surface area contributed by atoms with Crippen molar-refractivity contribution in [3.8, 4) is 0 Å². The van der Waals surface area contributed by atoms with Crippen molar-refractivity contribution in [1.82, 2.24) is 5.32 Å². The first-order valence-corrected chi connectivity index (χ1v) is 7.28. The van der Waals surface area contributed by atoms with E-state index in [2.05, 4.69) is 5.32 Å². The molecule has 0 unspecified atom stereocenters. The topological polar surface area (TPSA) is 79.5 Å². The van der Waals surface area contributed by atoms with E-state index in [0.717, 1.165) is 18.4 Å². The number of carbonyl (C=O) groups is 2. The van der Waals surface area contributed by atoms with E-state index in [1.54, 1.807) is 24.3 Å². The maximum absolute atomic E-state index is 12.1. The third-order valence-electron chi connectivity index (χ3n) is 3.34. The maximum atomic E-state index is 12.1. The second-order valence-electron chi connectivity index (χ2n) is 5.02. The van der Waals surface area contributed by atoms with E-state index in [9.17, 15) is 9.59 Å². The smallest absolute Gasteiger partial charge is 0.335 e. The number of amides is 1. The first kappa shape index (κ1) is 15.8. The van der Waals surface area contributed by atoms with E-state index in [0.29, 0.717) is 24.3 Å². The number of furan rings is 1. The molecule has 1 aromatic carbocycles. The van der Waals surface area contributed by atoms with Crippen LogP contribution in [0.25, 0.3) is 0 Å². The van der Waals surface area contributed by atoms with Crippen molar-refractivity contribution in [1.29, 1.82) is 0 Å².